The summed E-state index contributed by atoms with van der Waals surface area (Å²) < 4.78 is 6.94. The van der Waals surface area contributed by atoms with Gasteiger partial charge in [0.2, 0.25) is 0 Å². The zero-order chi connectivity index (χ0) is 15.0. The van der Waals surface area contributed by atoms with Gasteiger partial charge in [-0.3, -0.25) is 4.79 Å². The van der Waals surface area contributed by atoms with Crippen LogP contribution in [0.4, 0.5) is 0 Å². The number of rotatable bonds is 3. The molecule has 0 fully saturated rings. The third-order valence-electron chi connectivity index (χ3n) is 3.49. The van der Waals surface area contributed by atoms with Crippen LogP contribution in [0.2, 0.25) is 0 Å². The van der Waals surface area contributed by atoms with E-state index in [4.69, 9.17) is 16.3 Å². The summed E-state index contributed by atoms with van der Waals surface area (Å²) in [4.78, 5) is 20.8. The average Bonchev–Trinajstić information content (AvgIpc) is 2.86. The highest BCUT2D eigenvalue weighted by Gasteiger charge is 2.29. The Morgan fingerprint density at radius 3 is 3.14 bits per heavy atom. The molecule has 8 heteroatoms. The Labute approximate surface area is 127 Å². The number of nitrogens with zero attached hydrogens (tertiary/aromatic N) is 3. The Morgan fingerprint density at radius 1 is 1.57 bits per heavy atom. The molecule has 3 heterocycles. The van der Waals surface area contributed by atoms with Crippen LogP contribution in [0.25, 0.3) is 0 Å². The summed E-state index contributed by atoms with van der Waals surface area (Å²) in [6.45, 7) is 3.04. The van der Waals surface area contributed by atoms with Crippen LogP contribution in [0.1, 0.15) is 29.3 Å². The normalized spacial score (nSPS) is 24.6. The fourth-order valence-corrected chi connectivity index (χ4v) is 2.67. The van der Waals surface area contributed by atoms with Crippen molar-refractivity contribution in [2.45, 2.75) is 25.6 Å². The van der Waals surface area contributed by atoms with Gasteiger partial charge in [-0.05, 0) is 24.1 Å². The number of aliphatic imine (C=N–C) groups is 1. The van der Waals surface area contributed by atoms with E-state index >= 15 is 0 Å². The smallest absolute Gasteiger partial charge is 0.287 e. The summed E-state index contributed by atoms with van der Waals surface area (Å²) in [6.07, 6.45) is 3.66. The first kappa shape index (κ1) is 14.1. The molecule has 0 bridgehead atoms. The molecule has 0 aliphatic carbocycles. The quantitative estimate of drug-likeness (QED) is 0.809. The van der Waals surface area contributed by atoms with E-state index < -0.39 is 0 Å². The lowest BCUT2D eigenvalue weighted by atomic mass is 10.1. The molecule has 3 rings (SSSR count). The molecule has 0 spiro atoms. The van der Waals surface area contributed by atoms with Crippen LogP contribution in [0, 0.1) is 0 Å². The number of fused-ring (bicyclic) bond motifs is 1. The van der Waals surface area contributed by atoms with E-state index in [1.54, 1.807) is 13.3 Å². The molecule has 1 aromatic heterocycles. The maximum atomic E-state index is 12.1. The number of nitrogens with one attached hydrogen (secondary N) is 2. The van der Waals surface area contributed by atoms with Crippen molar-refractivity contribution in [3.8, 4) is 0 Å². The second kappa shape index (κ2) is 5.50. The monoisotopic (exact) mass is 309 g/mol. The Kier molecular flexibility index (Phi) is 3.69. The molecule has 21 heavy (non-hydrogen) atoms. The summed E-state index contributed by atoms with van der Waals surface area (Å²) in [7, 11) is 1.61. The number of carbonyl (C=O) groups is 1. The second-order valence-corrected chi connectivity index (χ2v) is 5.48. The maximum Gasteiger partial charge on any atom is 0.287 e. The minimum atomic E-state index is -0.259. The van der Waals surface area contributed by atoms with Gasteiger partial charge in [0.25, 0.3) is 5.91 Å². The number of hydrogen-bond donors (Lipinski definition) is 2. The van der Waals surface area contributed by atoms with Crippen molar-refractivity contribution in [3.05, 3.63) is 29.5 Å². The first-order valence-corrected chi connectivity index (χ1v) is 6.99. The lowest BCUT2D eigenvalue weighted by Gasteiger charge is -2.23. The molecular weight excluding hydrogens is 294 g/mol. The zero-order valence-electron chi connectivity index (χ0n) is 11.8. The minimum absolute atomic E-state index is 0.0474. The number of halogens is 1. The maximum absolute atomic E-state index is 12.1. The van der Waals surface area contributed by atoms with Gasteiger partial charge in [0.05, 0.1) is 18.3 Å². The highest BCUT2D eigenvalue weighted by atomic mass is 35.5. The highest BCUT2D eigenvalue weighted by molar-refractivity contribution is 6.64. The van der Waals surface area contributed by atoms with Crippen molar-refractivity contribution in [3.63, 3.8) is 0 Å². The van der Waals surface area contributed by atoms with Crippen LogP contribution in [0.3, 0.4) is 0 Å². The third-order valence-corrected chi connectivity index (χ3v) is 3.70. The predicted molar refractivity (Wildman–Crippen MR) is 78.3 cm³/mol. The van der Waals surface area contributed by atoms with Gasteiger partial charge < -0.3 is 19.9 Å². The molecule has 2 unspecified atom stereocenters. The molecule has 0 aromatic carbocycles. The van der Waals surface area contributed by atoms with Crippen LogP contribution in [0.15, 0.2) is 23.0 Å². The van der Waals surface area contributed by atoms with Crippen LogP contribution in [-0.4, -0.2) is 40.5 Å². The summed E-state index contributed by atoms with van der Waals surface area (Å²) in [5, 5.41) is 6.04. The van der Waals surface area contributed by atoms with E-state index in [2.05, 4.69) is 20.6 Å². The SMILES string of the molecule is COCC1Cn2cc(C3N=C(Cl)NC=C3C)nc2C(=O)N1. The van der Waals surface area contributed by atoms with Crippen LogP contribution in [0.5, 0.6) is 0 Å². The van der Waals surface area contributed by atoms with Gasteiger partial charge in [0, 0.05) is 26.1 Å². The number of carbonyl (C=O) groups excluding carboxylic acids is 1. The molecule has 1 amide bonds. The third kappa shape index (κ3) is 2.66. The number of imidazole rings is 1. The molecule has 2 N–H and O–H groups in total. The second-order valence-electron chi connectivity index (χ2n) is 5.12. The van der Waals surface area contributed by atoms with Gasteiger partial charge in [-0.25, -0.2) is 9.98 Å². The van der Waals surface area contributed by atoms with Crippen LogP contribution < -0.4 is 10.6 Å². The molecule has 2 aliphatic heterocycles. The van der Waals surface area contributed by atoms with Crippen LogP contribution in [-0.2, 0) is 11.3 Å². The summed E-state index contributed by atoms with van der Waals surface area (Å²) >= 11 is 5.91. The fourth-order valence-electron chi connectivity index (χ4n) is 2.52. The Morgan fingerprint density at radius 2 is 2.38 bits per heavy atom. The van der Waals surface area contributed by atoms with Gasteiger partial charge in [-0.2, -0.15) is 0 Å². The molecule has 0 saturated carbocycles. The first-order valence-electron chi connectivity index (χ1n) is 6.62. The molecular formula is C13H16ClN5O2. The van der Waals surface area contributed by atoms with E-state index in [1.807, 2.05) is 17.7 Å². The lowest BCUT2D eigenvalue weighted by molar-refractivity contribution is 0.0833. The van der Waals surface area contributed by atoms with Crippen molar-refractivity contribution in [2.24, 2.45) is 4.99 Å². The predicted octanol–water partition coefficient (Wildman–Crippen LogP) is 0.784. The Balaban J connectivity index is 1.91. The minimum Gasteiger partial charge on any atom is -0.382 e. The van der Waals surface area contributed by atoms with E-state index in [1.165, 1.54) is 0 Å². The Bertz CT molecular complexity index is 637. The van der Waals surface area contributed by atoms with E-state index in [9.17, 15) is 4.79 Å². The van der Waals surface area contributed by atoms with Gasteiger partial charge in [0.15, 0.2) is 11.1 Å². The fraction of sp³-hybridized carbons (Fsp3) is 0.462. The van der Waals surface area contributed by atoms with Crippen molar-refractivity contribution in [2.75, 3.05) is 13.7 Å². The molecule has 0 radical (unpaired) electrons. The first-order chi connectivity index (χ1) is 10.1. The highest BCUT2D eigenvalue weighted by Crippen LogP contribution is 2.28. The standard InChI is InChI=1S/C13H16ClN5O2/c1-7-3-15-13(14)18-10(7)9-5-19-4-8(6-21-2)16-12(20)11(19)17-9/h3,5,8,10H,4,6H2,1-2H3,(H,15,18)(H,16,20). The number of amidine groups is 1. The van der Waals surface area contributed by atoms with Crippen molar-refractivity contribution in [1.82, 2.24) is 20.2 Å². The Hall–Kier alpha value is -1.86. The molecule has 2 aliphatic rings. The lowest BCUT2D eigenvalue weighted by Crippen LogP contribution is -2.46. The zero-order valence-corrected chi connectivity index (χ0v) is 12.5. The number of aromatic nitrogens is 2. The molecule has 7 nitrogen and oxygen atoms in total. The number of ether oxygens (including phenoxy) is 1. The summed E-state index contributed by atoms with van der Waals surface area (Å²) in [6, 6.07) is -0.306. The van der Waals surface area contributed by atoms with E-state index in [0.717, 1.165) is 5.57 Å². The van der Waals surface area contributed by atoms with Gasteiger partial charge in [-0.15, -0.1) is 0 Å². The molecule has 2 atom stereocenters. The number of methoxy groups -OCH3 is 1. The summed E-state index contributed by atoms with van der Waals surface area (Å²) in [5.74, 6) is 0.204. The largest absolute Gasteiger partial charge is 0.382 e. The molecule has 0 saturated heterocycles. The average molecular weight is 310 g/mol. The van der Waals surface area contributed by atoms with Crippen molar-refractivity contribution < 1.29 is 9.53 Å². The molecule has 1 aromatic rings. The molecule has 112 valence electrons. The van der Waals surface area contributed by atoms with Crippen LogP contribution >= 0.6 is 11.6 Å². The van der Waals surface area contributed by atoms with Crippen molar-refractivity contribution >= 4 is 22.8 Å². The topological polar surface area (TPSA) is 80.5 Å². The summed E-state index contributed by atoms with van der Waals surface area (Å²) in [5.41, 5.74) is 1.70. The van der Waals surface area contributed by atoms with Crippen molar-refractivity contribution in [1.29, 1.82) is 0 Å². The van der Waals surface area contributed by atoms with Gasteiger partial charge in [0.1, 0.15) is 6.04 Å². The number of amides is 1. The van der Waals surface area contributed by atoms with E-state index in [0.29, 0.717) is 30.0 Å². The van der Waals surface area contributed by atoms with E-state index in [-0.39, 0.29) is 18.0 Å². The number of hydrogen-bond acceptors (Lipinski definition) is 5. The van der Waals surface area contributed by atoms with Gasteiger partial charge in [-0.1, -0.05) is 0 Å². The van der Waals surface area contributed by atoms with Gasteiger partial charge >= 0.3 is 0 Å².